The molecule has 3 aromatic heterocycles. The fourth-order valence-corrected chi connectivity index (χ4v) is 4.35. The molecule has 0 spiro atoms. The van der Waals surface area contributed by atoms with Crippen LogP contribution in [0.4, 0.5) is 11.8 Å². The van der Waals surface area contributed by atoms with Crippen LogP contribution in [0.25, 0.3) is 5.65 Å². The molecule has 0 bridgehead atoms. The third-order valence-corrected chi connectivity index (χ3v) is 6.27. The number of piperazine rings is 1. The number of carbonyl (C=O) groups is 2. The standard InChI is InChI=1S/C23H28N8O2/c1-15(2)31-14-18-20(22(31)33)26-23(29-10-8-28(9-11-29)16(3)32)27-21(18)24-12-17-13-30-7-5-4-6-19(30)25-17/h4-7,13,15H,8-12,14H2,1-3H3,(H,24,26,27). The van der Waals surface area contributed by atoms with Gasteiger partial charge in [-0.1, -0.05) is 6.07 Å². The number of imidazole rings is 1. The minimum Gasteiger partial charge on any atom is -0.364 e. The molecule has 1 N–H and O–H groups in total. The fourth-order valence-electron chi connectivity index (χ4n) is 4.35. The summed E-state index contributed by atoms with van der Waals surface area (Å²) in [5.41, 5.74) is 3.05. The topological polar surface area (TPSA) is 99.0 Å². The first-order chi connectivity index (χ1) is 15.9. The number of nitrogens with zero attached hydrogens (tertiary/aromatic N) is 7. The molecule has 0 unspecified atom stereocenters. The van der Waals surface area contributed by atoms with E-state index in [-0.39, 0.29) is 17.9 Å². The second-order valence-corrected chi connectivity index (χ2v) is 8.77. The highest BCUT2D eigenvalue weighted by atomic mass is 16.2. The summed E-state index contributed by atoms with van der Waals surface area (Å²) in [4.78, 5) is 44.6. The van der Waals surface area contributed by atoms with Gasteiger partial charge in [0.2, 0.25) is 11.9 Å². The van der Waals surface area contributed by atoms with Gasteiger partial charge < -0.3 is 24.4 Å². The summed E-state index contributed by atoms with van der Waals surface area (Å²) < 4.78 is 1.98. The molecule has 10 nitrogen and oxygen atoms in total. The van der Waals surface area contributed by atoms with Crippen molar-refractivity contribution in [2.75, 3.05) is 36.4 Å². The molecule has 2 aliphatic rings. The quantitative estimate of drug-likeness (QED) is 0.635. The predicted octanol–water partition coefficient (Wildman–Crippen LogP) is 1.77. The summed E-state index contributed by atoms with van der Waals surface area (Å²) in [7, 11) is 0. The van der Waals surface area contributed by atoms with E-state index in [2.05, 4.69) is 15.3 Å². The van der Waals surface area contributed by atoms with Gasteiger partial charge in [0.25, 0.3) is 5.91 Å². The number of fused-ring (bicyclic) bond motifs is 2. The van der Waals surface area contributed by atoms with Crippen molar-refractivity contribution in [3.05, 3.63) is 47.5 Å². The Bertz CT molecular complexity index is 1180. The number of rotatable bonds is 5. The molecule has 2 amide bonds. The molecule has 0 aromatic carbocycles. The van der Waals surface area contributed by atoms with Crippen molar-refractivity contribution in [1.82, 2.24) is 29.2 Å². The number of anilines is 2. The monoisotopic (exact) mass is 448 g/mol. The van der Waals surface area contributed by atoms with E-state index in [1.807, 2.05) is 63.5 Å². The van der Waals surface area contributed by atoms with Gasteiger partial charge in [-0.25, -0.2) is 9.97 Å². The molecule has 5 heterocycles. The lowest BCUT2D eigenvalue weighted by Gasteiger charge is -2.34. The van der Waals surface area contributed by atoms with Crippen molar-refractivity contribution in [3.8, 4) is 0 Å². The van der Waals surface area contributed by atoms with Gasteiger partial charge in [-0.3, -0.25) is 9.59 Å². The van der Waals surface area contributed by atoms with Crippen molar-refractivity contribution < 1.29 is 9.59 Å². The van der Waals surface area contributed by atoms with E-state index in [9.17, 15) is 9.59 Å². The summed E-state index contributed by atoms with van der Waals surface area (Å²) in [6, 6.07) is 5.96. The highest BCUT2D eigenvalue weighted by molar-refractivity contribution is 5.98. The van der Waals surface area contributed by atoms with Crippen molar-refractivity contribution in [3.63, 3.8) is 0 Å². The molecule has 33 heavy (non-hydrogen) atoms. The predicted molar refractivity (Wildman–Crippen MR) is 124 cm³/mol. The molecule has 1 saturated heterocycles. The lowest BCUT2D eigenvalue weighted by Crippen LogP contribution is -2.48. The zero-order valence-electron chi connectivity index (χ0n) is 19.2. The normalized spacial score (nSPS) is 16.1. The van der Waals surface area contributed by atoms with E-state index in [4.69, 9.17) is 4.98 Å². The maximum absolute atomic E-state index is 13.1. The first-order valence-corrected chi connectivity index (χ1v) is 11.3. The average Bonchev–Trinajstić information content (AvgIpc) is 3.38. The highest BCUT2D eigenvalue weighted by Crippen LogP contribution is 2.31. The molecular formula is C23H28N8O2. The van der Waals surface area contributed by atoms with Crippen molar-refractivity contribution >= 4 is 29.2 Å². The third kappa shape index (κ3) is 3.96. The number of hydrogen-bond acceptors (Lipinski definition) is 7. The van der Waals surface area contributed by atoms with Gasteiger partial charge in [0.15, 0.2) is 0 Å². The molecule has 3 aromatic rings. The van der Waals surface area contributed by atoms with E-state index in [0.717, 1.165) is 16.9 Å². The van der Waals surface area contributed by atoms with Crippen molar-refractivity contribution in [2.24, 2.45) is 0 Å². The van der Waals surface area contributed by atoms with E-state index < -0.39 is 0 Å². The second kappa shape index (κ2) is 8.34. The maximum atomic E-state index is 13.1. The average molecular weight is 449 g/mol. The van der Waals surface area contributed by atoms with Gasteiger partial charge in [0, 0.05) is 57.1 Å². The lowest BCUT2D eigenvalue weighted by atomic mass is 10.2. The summed E-state index contributed by atoms with van der Waals surface area (Å²) in [6.07, 6.45) is 3.95. The minimum absolute atomic E-state index is 0.0678. The van der Waals surface area contributed by atoms with Crippen LogP contribution in [-0.2, 0) is 17.9 Å². The van der Waals surface area contributed by atoms with Gasteiger partial charge in [-0.15, -0.1) is 0 Å². The fraction of sp³-hybridized carbons (Fsp3) is 0.435. The Morgan fingerprint density at radius 1 is 1.12 bits per heavy atom. The number of amides is 2. The molecule has 0 saturated carbocycles. The van der Waals surface area contributed by atoms with E-state index in [1.54, 1.807) is 6.92 Å². The van der Waals surface area contributed by atoms with Crippen LogP contribution < -0.4 is 10.2 Å². The van der Waals surface area contributed by atoms with Crippen LogP contribution >= 0.6 is 0 Å². The number of carbonyl (C=O) groups excluding carboxylic acids is 2. The third-order valence-electron chi connectivity index (χ3n) is 6.27. The molecule has 172 valence electrons. The molecule has 1 fully saturated rings. The summed E-state index contributed by atoms with van der Waals surface area (Å²) in [5.74, 6) is 1.19. The molecule has 10 heteroatoms. The van der Waals surface area contributed by atoms with Crippen LogP contribution in [0.1, 0.15) is 42.5 Å². The van der Waals surface area contributed by atoms with Crippen LogP contribution in [0.15, 0.2) is 30.6 Å². The summed E-state index contributed by atoms with van der Waals surface area (Å²) in [6.45, 7) is 9.06. The minimum atomic E-state index is -0.0678. The highest BCUT2D eigenvalue weighted by Gasteiger charge is 2.35. The zero-order valence-corrected chi connectivity index (χ0v) is 19.2. The van der Waals surface area contributed by atoms with Crippen LogP contribution in [-0.4, -0.2) is 73.2 Å². The largest absolute Gasteiger partial charge is 0.364 e. The van der Waals surface area contributed by atoms with Crippen LogP contribution in [0.3, 0.4) is 0 Å². The van der Waals surface area contributed by atoms with Crippen LogP contribution in [0, 0.1) is 0 Å². The Balaban J connectivity index is 1.43. The van der Waals surface area contributed by atoms with Gasteiger partial charge in [-0.2, -0.15) is 4.98 Å². The van der Waals surface area contributed by atoms with E-state index >= 15 is 0 Å². The molecule has 5 rings (SSSR count). The van der Waals surface area contributed by atoms with E-state index in [1.165, 1.54) is 0 Å². The number of nitrogens with one attached hydrogen (secondary N) is 1. The summed E-state index contributed by atoms with van der Waals surface area (Å²) >= 11 is 0. The first-order valence-electron chi connectivity index (χ1n) is 11.3. The van der Waals surface area contributed by atoms with Gasteiger partial charge >= 0.3 is 0 Å². The molecule has 0 atom stereocenters. The Morgan fingerprint density at radius 2 is 1.91 bits per heavy atom. The number of hydrogen-bond donors (Lipinski definition) is 1. The first kappa shape index (κ1) is 21.2. The molecular weight excluding hydrogens is 420 g/mol. The Kier molecular flexibility index (Phi) is 5.35. The zero-order chi connectivity index (χ0) is 23.1. The van der Waals surface area contributed by atoms with E-state index in [0.29, 0.717) is 56.7 Å². The molecule has 2 aliphatic heterocycles. The molecule has 0 radical (unpaired) electrons. The Hall–Kier alpha value is -3.69. The molecule has 0 aliphatic carbocycles. The number of pyridine rings is 1. The van der Waals surface area contributed by atoms with Gasteiger partial charge in [0.05, 0.1) is 18.8 Å². The second-order valence-electron chi connectivity index (χ2n) is 8.77. The van der Waals surface area contributed by atoms with Crippen LogP contribution in [0.5, 0.6) is 0 Å². The summed E-state index contributed by atoms with van der Waals surface area (Å²) in [5, 5.41) is 3.41. The van der Waals surface area contributed by atoms with Crippen LogP contribution in [0.2, 0.25) is 0 Å². The van der Waals surface area contributed by atoms with Gasteiger partial charge in [0.1, 0.15) is 17.2 Å². The van der Waals surface area contributed by atoms with Gasteiger partial charge in [-0.05, 0) is 26.0 Å². The lowest BCUT2D eigenvalue weighted by molar-refractivity contribution is -0.129. The smallest absolute Gasteiger partial charge is 0.273 e. The van der Waals surface area contributed by atoms with Crippen molar-refractivity contribution in [2.45, 2.75) is 39.9 Å². The SMILES string of the molecule is CC(=O)N1CCN(c2nc(NCc3cn4ccccc4n3)c3c(n2)C(=O)N(C(C)C)C3)CC1. The Labute approximate surface area is 192 Å². The maximum Gasteiger partial charge on any atom is 0.273 e. The number of aromatic nitrogens is 4. The van der Waals surface area contributed by atoms with Crippen molar-refractivity contribution in [1.29, 1.82) is 0 Å². The Morgan fingerprint density at radius 3 is 2.61 bits per heavy atom.